The maximum absolute atomic E-state index is 12.8. The molecule has 0 bridgehead atoms. The van der Waals surface area contributed by atoms with Gasteiger partial charge >= 0.3 is 0 Å². The maximum atomic E-state index is 12.8. The normalized spacial score (nSPS) is 11.3. The third-order valence-electron chi connectivity index (χ3n) is 3.79. The Morgan fingerprint density at radius 3 is 2.38 bits per heavy atom. The lowest BCUT2D eigenvalue weighted by Gasteiger charge is -2.07. The number of methoxy groups -OCH3 is 2. The van der Waals surface area contributed by atoms with E-state index in [2.05, 4.69) is 5.10 Å². The van der Waals surface area contributed by atoms with Gasteiger partial charge in [0.25, 0.3) is 10.0 Å². The van der Waals surface area contributed by atoms with E-state index >= 15 is 0 Å². The van der Waals surface area contributed by atoms with E-state index in [0.717, 1.165) is 9.65 Å². The van der Waals surface area contributed by atoms with Crippen LogP contribution in [0.5, 0.6) is 11.5 Å². The van der Waals surface area contributed by atoms with Crippen molar-refractivity contribution in [3.63, 3.8) is 0 Å². The van der Waals surface area contributed by atoms with E-state index < -0.39 is 10.0 Å². The van der Waals surface area contributed by atoms with Crippen LogP contribution < -0.4 is 15.2 Å². The summed E-state index contributed by atoms with van der Waals surface area (Å²) in [5.74, 6) is 1.03. The minimum absolute atomic E-state index is 0.0115. The molecule has 2 aromatic carbocycles. The number of nitrogens with two attached hydrogens (primary N) is 1. The van der Waals surface area contributed by atoms with Crippen LogP contribution in [0.2, 0.25) is 5.02 Å². The lowest BCUT2D eigenvalue weighted by molar-refractivity contribution is 0.413. The molecule has 0 saturated carbocycles. The second-order valence-corrected chi connectivity index (χ2v) is 7.53. The standard InChI is InChI=1S/C17H16ClN3O4S/c1-24-12-5-3-11(4-6-12)14-10-21(20-17(14)19)26(22,23)13-7-8-15(18)16(9-13)25-2/h3-10H,1-2H3,(H2,19,20). The third kappa shape index (κ3) is 3.21. The van der Waals surface area contributed by atoms with Gasteiger partial charge in [-0.2, -0.15) is 12.5 Å². The second kappa shape index (κ2) is 6.89. The van der Waals surface area contributed by atoms with E-state index in [-0.39, 0.29) is 16.5 Å². The first-order valence-corrected chi connectivity index (χ1v) is 9.27. The molecule has 0 atom stereocenters. The van der Waals surface area contributed by atoms with E-state index in [1.807, 2.05) is 0 Å². The Hall–Kier alpha value is -2.71. The number of benzene rings is 2. The predicted octanol–water partition coefficient (Wildman–Crippen LogP) is 3.04. The summed E-state index contributed by atoms with van der Waals surface area (Å²) in [4.78, 5) is -0.0115. The molecule has 0 unspecified atom stereocenters. The van der Waals surface area contributed by atoms with Gasteiger partial charge in [0.15, 0.2) is 5.82 Å². The molecule has 0 spiro atoms. The highest BCUT2D eigenvalue weighted by Crippen LogP contribution is 2.31. The van der Waals surface area contributed by atoms with E-state index in [0.29, 0.717) is 16.3 Å². The van der Waals surface area contributed by atoms with Crippen LogP contribution in [-0.2, 0) is 10.0 Å². The summed E-state index contributed by atoms with van der Waals surface area (Å²) in [6.07, 6.45) is 1.37. The molecule has 9 heteroatoms. The topological polar surface area (TPSA) is 96.4 Å². The van der Waals surface area contributed by atoms with Gasteiger partial charge in [-0.1, -0.05) is 23.7 Å². The van der Waals surface area contributed by atoms with Crippen LogP contribution in [-0.4, -0.2) is 31.8 Å². The van der Waals surface area contributed by atoms with Gasteiger partial charge in [-0.05, 0) is 29.8 Å². The van der Waals surface area contributed by atoms with Gasteiger partial charge in [0.1, 0.15) is 11.5 Å². The molecule has 0 aliphatic rings. The molecule has 0 aliphatic carbocycles. The van der Waals surface area contributed by atoms with Gasteiger partial charge in [0.2, 0.25) is 0 Å². The molecule has 0 amide bonds. The van der Waals surface area contributed by atoms with Crippen molar-refractivity contribution in [2.45, 2.75) is 4.90 Å². The molecule has 3 aromatic rings. The molecular weight excluding hydrogens is 378 g/mol. The number of nitrogen functional groups attached to an aromatic ring is 1. The Morgan fingerprint density at radius 1 is 1.08 bits per heavy atom. The first-order valence-electron chi connectivity index (χ1n) is 7.45. The molecule has 0 saturated heterocycles. The number of halogens is 1. The van der Waals surface area contributed by atoms with Crippen molar-refractivity contribution < 1.29 is 17.9 Å². The van der Waals surface area contributed by atoms with E-state index in [4.69, 9.17) is 26.8 Å². The van der Waals surface area contributed by atoms with Crippen LogP contribution >= 0.6 is 11.6 Å². The summed E-state index contributed by atoms with van der Waals surface area (Å²) in [6, 6.07) is 11.2. The van der Waals surface area contributed by atoms with Crippen LogP contribution in [0.4, 0.5) is 5.82 Å². The third-order valence-corrected chi connectivity index (χ3v) is 5.63. The summed E-state index contributed by atoms with van der Waals surface area (Å²) >= 11 is 5.95. The minimum atomic E-state index is -3.95. The van der Waals surface area contributed by atoms with E-state index in [9.17, 15) is 8.42 Å². The fraction of sp³-hybridized carbons (Fsp3) is 0.118. The van der Waals surface area contributed by atoms with Crippen molar-refractivity contribution in [1.29, 1.82) is 0 Å². The summed E-state index contributed by atoms with van der Waals surface area (Å²) in [7, 11) is -0.977. The molecule has 0 radical (unpaired) electrons. The molecule has 1 aromatic heterocycles. The van der Waals surface area contributed by atoms with Crippen molar-refractivity contribution in [3.8, 4) is 22.6 Å². The summed E-state index contributed by atoms with van der Waals surface area (Å²) in [6.45, 7) is 0. The smallest absolute Gasteiger partial charge is 0.283 e. The average Bonchev–Trinajstić information content (AvgIpc) is 3.04. The fourth-order valence-electron chi connectivity index (χ4n) is 2.39. The highest BCUT2D eigenvalue weighted by Gasteiger charge is 2.22. The molecule has 26 heavy (non-hydrogen) atoms. The highest BCUT2D eigenvalue weighted by molar-refractivity contribution is 7.89. The zero-order chi connectivity index (χ0) is 18.9. The number of rotatable bonds is 5. The van der Waals surface area contributed by atoms with Gasteiger partial charge in [0.05, 0.1) is 30.3 Å². The van der Waals surface area contributed by atoms with Gasteiger partial charge in [0, 0.05) is 11.6 Å². The zero-order valence-electron chi connectivity index (χ0n) is 14.0. The zero-order valence-corrected chi connectivity index (χ0v) is 15.6. The largest absolute Gasteiger partial charge is 0.497 e. The first kappa shape index (κ1) is 18.1. The van der Waals surface area contributed by atoms with Gasteiger partial charge < -0.3 is 15.2 Å². The maximum Gasteiger partial charge on any atom is 0.283 e. The Kier molecular flexibility index (Phi) is 4.80. The monoisotopic (exact) mass is 393 g/mol. The molecular formula is C17H16ClN3O4S. The van der Waals surface area contributed by atoms with Gasteiger partial charge in [-0.15, -0.1) is 5.10 Å². The van der Waals surface area contributed by atoms with Crippen LogP contribution in [0.1, 0.15) is 0 Å². The SMILES string of the molecule is COc1ccc(-c2cn(S(=O)(=O)c3ccc(Cl)c(OC)c3)nc2N)cc1. The van der Waals surface area contributed by atoms with Crippen molar-refractivity contribution in [3.05, 3.63) is 53.7 Å². The molecule has 1 heterocycles. The van der Waals surface area contributed by atoms with Crippen molar-refractivity contribution >= 4 is 27.4 Å². The predicted molar refractivity (Wildman–Crippen MR) is 99.2 cm³/mol. The number of nitrogens with zero attached hydrogens (tertiary/aromatic N) is 2. The molecule has 0 aliphatic heterocycles. The molecule has 3 rings (SSSR count). The van der Waals surface area contributed by atoms with E-state index in [1.165, 1.54) is 31.5 Å². The summed E-state index contributed by atoms with van der Waals surface area (Å²) in [5.41, 5.74) is 7.14. The first-order chi connectivity index (χ1) is 12.4. The Morgan fingerprint density at radius 2 is 1.77 bits per heavy atom. The van der Waals surface area contributed by atoms with Crippen LogP contribution in [0.25, 0.3) is 11.1 Å². The molecule has 7 nitrogen and oxygen atoms in total. The van der Waals surface area contributed by atoms with Crippen LogP contribution in [0.15, 0.2) is 53.6 Å². The van der Waals surface area contributed by atoms with Gasteiger partial charge in [-0.25, -0.2) is 0 Å². The highest BCUT2D eigenvalue weighted by atomic mass is 35.5. The number of hydrogen-bond donors (Lipinski definition) is 1. The minimum Gasteiger partial charge on any atom is -0.497 e. The molecule has 2 N–H and O–H groups in total. The Balaban J connectivity index is 2.04. The number of ether oxygens (including phenoxy) is 2. The Labute approximate surface area is 156 Å². The summed E-state index contributed by atoms with van der Waals surface area (Å²) in [5, 5.41) is 4.27. The lowest BCUT2D eigenvalue weighted by Crippen LogP contribution is -2.14. The fourth-order valence-corrected chi connectivity index (χ4v) is 3.74. The van der Waals surface area contributed by atoms with Crippen molar-refractivity contribution in [2.24, 2.45) is 0 Å². The van der Waals surface area contributed by atoms with Crippen molar-refractivity contribution in [1.82, 2.24) is 9.19 Å². The average molecular weight is 394 g/mol. The molecule has 136 valence electrons. The number of aromatic nitrogens is 2. The van der Waals surface area contributed by atoms with Crippen LogP contribution in [0, 0.1) is 0 Å². The van der Waals surface area contributed by atoms with Crippen LogP contribution in [0.3, 0.4) is 0 Å². The van der Waals surface area contributed by atoms with Crippen molar-refractivity contribution in [2.75, 3.05) is 20.0 Å². The molecule has 0 fully saturated rings. The Bertz CT molecular complexity index is 1050. The van der Waals surface area contributed by atoms with Gasteiger partial charge in [-0.3, -0.25) is 0 Å². The number of hydrogen-bond acceptors (Lipinski definition) is 6. The van der Waals surface area contributed by atoms with E-state index in [1.54, 1.807) is 31.4 Å². The quantitative estimate of drug-likeness (QED) is 0.715. The lowest BCUT2D eigenvalue weighted by atomic mass is 10.1. The number of anilines is 1. The summed E-state index contributed by atoms with van der Waals surface area (Å²) < 4.78 is 36.7. The second-order valence-electron chi connectivity index (χ2n) is 5.33.